The molecule has 1 unspecified atom stereocenters. The van der Waals surface area contributed by atoms with Crippen LogP contribution in [0.3, 0.4) is 0 Å². The van der Waals surface area contributed by atoms with Crippen molar-refractivity contribution in [3.63, 3.8) is 0 Å². The van der Waals surface area contributed by atoms with Crippen LogP contribution in [0.2, 0.25) is 0 Å². The Morgan fingerprint density at radius 3 is 2.47 bits per heavy atom. The standard InChI is InChI=1S/C14H16O2S/c1-11-8-9-17-13(11)14(15,10-16-2)12-6-4-3-5-7-12/h3-9,15H,10H2,1-2H3. The number of hydrogen-bond donors (Lipinski definition) is 1. The normalized spacial score (nSPS) is 14.5. The van der Waals surface area contributed by atoms with Gasteiger partial charge in [-0.05, 0) is 29.5 Å². The van der Waals surface area contributed by atoms with Crippen molar-refractivity contribution in [1.29, 1.82) is 0 Å². The van der Waals surface area contributed by atoms with E-state index in [9.17, 15) is 5.11 Å². The van der Waals surface area contributed by atoms with Gasteiger partial charge in [-0.2, -0.15) is 0 Å². The minimum Gasteiger partial charge on any atom is -0.381 e. The largest absolute Gasteiger partial charge is 0.381 e. The Balaban J connectivity index is 2.50. The number of hydrogen-bond acceptors (Lipinski definition) is 3. The Morgan fingerprint density at radius 1 is 1.24 bits per heavy atom. The average molecular weight is 248 g/mol. The fourth-order valence-corrected chi connectivity index (χ4v) is 3.03. The van der Waals surface area contributed by atoms with Gasteiger partial charge < -0.3 is 9.84 Å². The number of thiophene rings is 1. The molecule has 0 radical (unpaired) electrons. The van der Waals surface area contributed by atoms with E-state index in [1.807, 2.05) is 48.7 Å². The number of aliphatic hydroxyl groups is 1. The quantitative estimate of drug-likeness (QED) is 0.901. The summed E-state index contributed by atoms with van der Waals surface area (Å²) in [6.45, 7) is 2.27. The molecule has 1 N–H and O–H groups in total. The van der Waals surface area contributed by atoms with Crippen LogP contribution in [0, 0.1) is 6.92 Å². The molecule has 2 nitrogen and oxygen atoms in total. The Bertz CT molecular complexity index is 478. The van der Waals surface area contributed by atoms with Crippen LogP contribution in [0.1, 0.15) is 16.0 Å². The molecule has 0 fully saturated rings. The van der Waals surface area contributed by atoms with E-state index in [1.54, 1.807) is 18.4 Å². The molecule has 0 saturated carbocycles. The SMILES string of the molecule is COCC(O)(c1ccccc1)c1sccc1C. The molecule has 1 aromatic heterocycles. The highest BCUT2D eigenvalue weighted by atomic mass is 32.1. The Kier molecular flexibility index (Phi) is 3.62. The van der Waals surface area contributed by atoms with Gasteiger partial charge in [0.1, 0.15) is 5.60 Å². The molecule has 0 bridgehead atoms. The van der Waals surface area contributed by atoms with Crippen LogP contribution in [0.15, 0.2) is 41.8 Å². The summed E-state index contributed by atoms with van der Waals surface area (Å²) in [4.78, 5) is 0.950. The van der Waals surface area contributed by atoms with E-state index in [0.29, 0.717) is 0 Å². The number of ether oxygens (including phenoxy) is 1. The maximum absolute atomic E-state index is 10.9. The van der Waals surface area contributed by atoms with Gasteiger partial charge in [-0.25, -0.2) is 0 Å². The van der Waals surface area contributed by atoms with E-state index in [4.69, 9.17) is 4.74 Å². The first-order chi connectivity index (χ1) is 8.18. The summed E-state index contributed by atoms with van der Waals surface area (Å²) in [6, 6.07) is 11.7. The van der Waals surface area contributed by atoms with E-state index in [2.05, 4.69) is 0 Å². The van der Waals surface area contributed by atoms with Crippen molar-refractivity contribution in [3.8, 4) is 0 Å². The van der Waals surface area contributed by atoms with Gasteiger partial charge in [-0.15, -0.1) is 11.3 Å². The first-order valence-corrected chi connectivity index (χ1v) is 6.38. The molecule has 1 atom stereocenters. The molecular formula is C14H16O2S. The molecule has 0 amide bonds. The molecule has 1 heterocycles. The lowest BCUT2D eigenvalue weighted by Crippen LogP contribution is -2.32. The van der Waals surface area contributed by atoms with Gasteiger partial charge in [0.2, 0.25) is 0 Å². The third-order valence-corrected chi connectivity index (χ3v) is 4.01. The fraction of sp³-hybridized carbons (Fsp3) is 0.286. The minimum absolute atomic E-state index is 0.262. The van der Waals surface area contributed by atoms with Gasteiger partial charge in [0, 0.05) is 12.0 Å². The molecule has 2 rings (SSSR count). The van der Waals surface area contributed by atoms with Gasteiger partial charge in [0.05, 0.1) is 6.61 Å². The zero-order valence-electron chi connectivity index (χ0n) is 10.0. The van der Waals surface area contributed by atoms with E-state index >= 15 is 0 Å². The van der Waals surface area contributed by atoms with Crippen LogP contribution in [-0.4, -0.2) is 18.8 Å². The second-order valence-electron chi connectivity index (χ2n) is 4.09. The second kappa shape index (κ2) is 5.00. The summed E-state index contributed by atoms with van der Waals surface area (Å²) in [5.41, 5.74) is 0.916. The predicted octanol–water partition coefficient (Wildman–Crippen LogP) is 2.94. The first kappa shape index (κ1) is 12.3. The van der Waals surface area contributed by atoms with Crippen LogP contribution in [0.5, 0.6) is 0 Å². The van der Waals surface area contributed by atoms with Gasteiger partial charge >= 0.3 is 0 Å². The Morgan fingerprint density at radius 2 is 1.94 bits per heavy atom. The van der Waals surface area contributed by atoms with Crippen molar-refractivity contribution >= 4 is 11.3 Å². The third kappa shape index (κ3) is 2.27. The van der Waals surface area contributed by atoms with Crippen molar-refractivity contribution < 1.29 is 9.84 Å². The van der Waals surface area contributed by atoms with Gasteiger partial charge in [0.25, 0.3) is 0 Å². The molecule has 0 aliphatic rings. The lowest BCUT2D eigenvalue weighted by molar-refractivity contribution is -0.00100. The highest BCUT2D eigenvalue weighted by molar-refractivity contribution is 7.10. The van der Waals surface area contributed by atoms with Crippen LogP contribution in [0.25, 0.3) is 0 Å². The second-order valence-corrected chi connectivity index (χ2v) is 5.01. The third-order valence-electron chi connectivity index (χ3n) is 2.84. The molecule has 90 valence electrons. The van der Waals surface area contributed by atoms with Crippen molar-refractivity contribution in [2.24, 2.45) is 0 Å². The molecule has 0 aliphatic carbocycles. The lowest BCUT2D eigenvalue weighted by Gasteiger charge is -2.27. The summed E-state index contributed by atoms with van der Waals surface area (Å²) in [6.07, 6.45) is 0. The molecule has 3 heteroatoms. The number of benzene rings is 1. The van der Waals surface area contributed by atoms with Gasteiger partial charge in [0.15, 0.2) is 0 Å². The van der Waals surface area contributed by atoms with E-state index < -0.39 is 5.60 Å². The van der Waals surface area contributed by atoms with Gasteiger partial charge in [-0.3, -0.25) is 0 Å². The molecular weight excluding hydrogens is 232 g/mol. The van der Waals surface area contributed by atoms with Crippen LogP contribution in [-0.2, 0) is 10.3 Å². The maximum atomic E-state index is 10.9. The van der Waals surface area contributed by atoms with Crippen molar-refractivity contribution in [2.75, 3.05) is 13.7 Å². The topological polar surface area (TPSA) is 29.5 Å². The van der Waals surface area contributed by atoms with Crippen LogP contribution < -0.4 is 0 Å². The van der Waals surface area contributed by atoms with E-state index in [1.165, 1.54) is 0 Å². The summed E-state index contributed by atoms with van der Waals surface area (Å²) < 4.78 is 5.20. The number of methoxy groups -OCH3 is 1. The monoisotopic (exact) mass is 248 g/mol. The van der Waals surface area contributed by atoms with Gasteiger partial charge in [-0.1, -0.05) is 30.3 Å². The molecule has 0 aliphatic heterocycles. The summed E-state index contributed by atoms with van der Waals surface area (Å²) >= 11 is 1.56. The zero-order valence-corrected chi connectivity index (χ0v) is 10.8. The molecule has 17 heavy (non-hydrogen) atoms. The van der Waals surface area contributed by atoms with Crippen LogP contribution >= 0.6 is 11.3 Å². The first-order valence-electron chi connectivity index (χ1n) is 5.50. The minimum atomic E-state index is -1.05. The Hall–Kier alpha value is -1.16. The molecule has 0 spiro atoms. The average Bonchev–Trinajstić information content (AvgIpc) is 2.77. The molecule has 1 aromatic carbocycles. The smallest absolute Gasteiger partial charge is 0.147 e. The van der Waals surface area contributed by atoms with Crippen LogP contribution in [0.4, 0.5) is 0 Å². The number of rotatable bonds is 4. The predicted molar refractivity (Wildman–Crippen MR) is 70.4 cm³/mol. The zero-order chi connectivity index (χ0) is 12.3. The van der Waals surface area contributed by atoms with Crippen molar-refractivity contribution in [3.05, 3.63) is 57.8 Å². The fourth-order valence-electron chi connectivity index (χ4n) is 2.00. The number of aryl methyl sites for hydroxylation is 1. The highest BCUT2D eigenvalue weighted by Gasteiger charge is 2.34. The Labute approximate surface area is 105 Å². The highest BCUT2D eigenvalue weighted by Crippen LogP contribution is 2.35. The summed E-state index contributed by atoms with van der Waals surface area (Å²) in [7, 11) is 1.61. The summed E-state index contributed by atoms with van der Waals surface area (Å²) in [5, 5.41) is 12.9. The van der Waals surface area contributed by atoms with E-state index in [0.717, 1.165) is 16.0 Å². The maximum Gasteiger partial charge on any atom is 0.147 e. The van der Waals surface area contributed by atoms with E-state index in [-0.39, 0.29) is 6.61 Å². The molecule has 0 saturated heterocycles. The molecule has 2 aromatic rings. The van der Waals surface area contributed by atoms with Crippen molar-refractivity contribution in [2.45, 2.75) is 12.5 Å². The van der Waals surface area contributed by atoms with Crippen molar-refractivity contribution in [1.82, 2.24) is 0 Å². The summed E-state index contributed by atoms with van der Waals surface area (Å²) in [5.74, 6) is 0. The lowest BCUT2D eigenvalue weighted by atomic mass is 9.91.